The molecule has 1 unspecified atom stereocenters. The van der Waals surface area contributed by atoms with Crippen LogP contribution in [0.25, 0.3) is 0 Å². The van der Waals surface area contributed by atoms with Crippen LogP contribution in [-0.4, -0.2) is 18.3 Å². The van der Waals surface area contributed by atoms with Gasteiger partial charge in [-0.25, -0.2) is 0 Å². The largest absolute Gasteiger partial charge is 0.314 e. The Kier molecular flexibility index (Phi) is 5.13. The summed E-state index contributed by atoms with van der Waals surface area (Å²) in [5.41, 5.74) is 4.24. The third-order valence-corrected chi connectivity index (χ3v) is 4.63. The van der Waals surface area contributed by atoms with E-state index in [4.69, 9.17) is 0 Å². The molecule has 0 aliphatic heterocycles. The number of aryl methyl sites for hydroxylation is 2. The molecule has 1 atom stereocenters. The zero-order valence-corrected chi connectivity index (χ0v) is 12.6. The summed E-state index contributed by atoms with van der Waals surface area (Å²) in [7, 11) is 0. The summed E-state index contributed by atoms with van der Waals surface area (Å²) in [5, 5.41) is 3.61. The maximum absolute atomic E-state index is 3.61. The van der Waals surface area contributed by atoms with E-state index in [9.17, 15) is 0 Å². The summed E-state index contributed by atoms with van der Waals surface area (Å²) in [6.07, 6.45) is 2.78. The number of benzene rings is 1. The molecule has 1 fully saturated rings. The Morgan fingerprint density at radius 2 is 1.89 bits per heavy atom. The van der Waals surface area contributed by atoms with Gasteiger partial charge >= 0.3 is 0 Å². The molecule has 1 aromatic rings. The maximum atomic E-state index is 3.61. The lowest BCUT2D eigenvalue weighted by Crippen LogP contribution is -2.24. The third-order valence-electron chi connectivity index (χ3n) is 3.28. The van der Waals surface area contributed by atoms with Crippen LogP contribution in [0.3, 0.4) is 0 Å². The van der Waals surface area contributed by atoms with E-state index < -0.39 is 0 Å². The standard InChI is InChI=1S/C16H25NS/c1-12-6-13(2)8-15(7-12)11-18-10-14(3)9-17-16-4-5-16/h6-8,14,16-17H,4-5,9-11H2,1-3H3. The molecule has 0 radical (unpaired) electrons. The summed E-state index contributed by atoms with van der Waals surface area (Å²) < 4.78 is 0. The molecule has 1 N–H and O–H groups in total. The van der Waals surface area contributed by atoms with Gasteiger partial charge in [-0.15, -0.1) is 0 Å². The first-order chi connectivity index (χ1) is 8.63. The van der Waals surface area contributed by atoms with Gasteiger partial charge in [0.15, 0.2) is 0 Å². The van der Waals surface area contributed by atoms with Crippen LogP contribution >= 0.6 is 11.8 Å². The average molecular weight is 263 g/mol. The van der Waals surface area contributed by atoms with E-state index in [-0.39, 0.29) is 0 Å². The van der Waals surface area contributed by atoms with Crippen LogP contribution in [0.4, 0.5) is 0 Å². The Morgan fingerprint density at radius 1 is 1.22 bits per heavy atom. The highest BCUT2D eigenvalue weighted by atomic mass is 32.2. The van der Waals surface area contributed by atoms with E-state index in [1.807, 2.05) is 0 Å². The summed E-state index contributed by atoms with van der Waals surface area (Å²) in [4.78, 5) is 0. The second-order valence-corrected chi connectivity index (χ2v) is 6.83. The zero-order valence-electron chi connectivity index (χ0n) is 11.8. The van der Waals surface area contributed by atoms with Crippen molar-refractivity contribution in [1.29, 1.82) is 0 Å². The minimum Gasteiger partial charge on any atom is -0.314 e. The fourth-order valence-electron chi connectivity index (χ4n) is 2.24. The van der Waals surface area contributed by atoms with Gasteiger partial charge in [-0.1, -0.05) is 36.2 Å². The minimum atomic E-state index is 0.779. The van der Waals surface area contributed by atoms with Gasteiger partial charge in [0, 0.05) is 11.8 Å². The smallest absolute Gasteiger partial charge is 0.0184 e. The van der Waals surface area contributed by atoms with Gasteiger partial charge in [0.1, 0.15) is 0 Å². The number of thioether (sulfide) groups is 1. The highest BCUT2D eigenvalue weighted by Gasteiger charge is 2.20. The topological polar surface area (TPSA) is 12.0 Å². The molecular weight excluding hydrogens is 238 g/mol. The second-order valence-electron chi connectivity index (χ2n) is 5.80. The van der Waals surface area contributed by atoms with Gasteiger partial charge in [-0.3, -0.25) is 0 Å². The Morgan fingerprint density at radius 3 is 2.50 bits per heavy atom. The first-order valence-corrected chi connectivity index (χ1v) is 8.17. The lowest BCUT2D eigenvalue weighted by atomic mass is 10.1. The van der Waals surface area contributed by atoms with Crippen LogP contribution < -0.4 is 5.32 Å². The fourth-order valence-corrected chi connectivity index (χ4v) is 3.28. The SMILES string of the molecule is Cc1cc(C)cc(CSCC(C)CNC2CC2)c1. The van der Waals surface area contributed by atoms with Gasteiger partial charge in [-0.2, -0.15) is 11.8 Å². The van der Waals surface area contributed by atoms with Crippen molar-refractivity contribution in [2.45, 2.75) is 45.4 Å². The molecule has 1 aliphatic rings. The Hall–Kier alpha value is -0.470. The normalized spacial score (nSPS) is 16.8. The Balaban J connectivity index is 1.66. The van der Waals surface area contributed by atoms with Gasteiger partial charge in [0.25, 0.3) is 0 Å². The first kappa shape index (κ1) is 14.0. The molecule has 0 saturated heterocycles. The molecule has 1 saturated carbocycles. The van der Waals surface area contributed by atoms with Crippen molar-refractivity contribution in [1.82, 2.24) is 5.32 Å². The minimum absolute atomic E-state index is 0.779. The van der Waals surface area contributed by atoms with Gasteiger partial charge in [-0.05, 0) is 50.5 Å². The molecule has 2 heteroatoms. The van der Waals surface area contributed by atoms with Crippen molar-refractivity contribution < 1.29 is 0 Å². The van der Waals surface area contributed by atoms with Gasteiger partial charge < -0.3 is 5.32 Å². The predicted molar refractivity (Wildman–Crippen MR) is 82.3 cm³/mol. The maximum Gasteiger partial charge on any atom is 0.0184 e. The van der Waals surface area contributed by atoms with Crippen LogP contribution in [-0.2, 0) is 5.75 Å². The van der Waals surface area contributed by atoms with Crippen LogP contribution in [0.1, 0.15) is 36.5 Å². The third kappa shape index (κ3) is 5.03. The summed E-state index contributed by atoms with van der Waals surface area (Å²) in [6.45, 7) is 7.90. The Labute approximate surface area is 116 Å². The first-order valence-electron chi connectivity index (χ1n) is 7.02. The summed E-state index contributed by atoms with van der Waals surface area (Å²) in [5.74, 6) is 3.18. The highest BCUT2D eigenvalue weighted by Crippen LogP contribution is 2.20. The summed E-state index contributed by atoms with van der Waals surface area (Å²) >= 11 is 2.06. The molecule has 2 rings (SSSR count). The van der Waals surface area contributed by atoms with Crippen LogP contribution in [0.2, 0.25) is 0 Å². The van der Waals surface area contributed by atoms with Crippen molar-refractivity contribution in [2.24, 2.45) is 5.92 Å². The van der Waals surface area contributed by atoms with E-state index >= 15 is 0 Å². The predicted octanol–water partition coefficient (Wildman–Crippen LogP) is 3.92. The van der Waals surface area contributed by atoms with Gasteiger partial charge in [0.05, 0.1) is 0 Å². The zero-order chi connectivity index (χ0) is 13.0. The monoisotopic (exact) mass is 263 g/mol. The molecule has 0 bridgehead atoms. The van der Waals surface area contributed by atoms with Crippen LogP contribution in [0.15, 0.2) is 18.2 Å². The van der Waals surface area contributed by atoms with Crippen LogP contribution in [0.5, 0.6) is 0 Å². The van der Waals surface area contributed by atoms with Crippen molar-refractivity contribution in [2.75, 3.05) is 12.3 Å². The molecule has 1 aliphatic carbocycles. The van der Waals surface area contributed by atoms with Crippen molar-refractivity contribution in [3.8, 4) is 0 Å². The van der Waals surface area contributed by atoms with Crippen molar-refractivity contribution in [3.63, 3.8) is 0 Å². The van der Waals surface area contributed by atoms with E-state index in [2.05, 4.69) is 56.0 Å². The van der Waals surface area contributed by atoms with Crippen LogP contribution in [0, 0.1) is 19.8 Å². The highest BCUT2D eigenvalue weighted by molar-refractivity contribution is 7.98. The average Bonchev–Trinajstić information content (AvgIpc) is 3.08. The number of nitrogens with one attached hydrogen (secondary N) is 1. The molecule has 0 spiro atoms. The van der Waals surface area contributed by atoms with Crippen molar-refractivity contribution in [3.05, 3.63) is 34.9 Å². The van der Waals surface area contributed by atoms with Crippen molar-refractivity contribution >= 4 is 11.8 Å². The molecule has 0 heterocycles. The van der Waals surface area contributed by atoms with E-state index in [1.165, 1.54) is 41.8 Å². The molecular formula is C16H25NS. The van der Waals surface area contributed by atoms with E-state index in [0.29, 0.717) is 0 Å². The van der Waals surface area contributed by atoms with Gasteiger partial charge in [0.2, 0.25) is 0 Å². The van der Waals surface area contributed by atoms with E-state index in [0.717, 1.165) is 17.7 Å². The number of rotatable bonds is 7. The lowest BCUT2D eigenvalue weighted by molar-refractivity contribution is 0.556. The quantitative estimate of drug-likeness (QED) is 0.800. The molecule has 18 heavy (non-hydrogen) atoms. The molecule has 0 aromatic heterocycles. The van der Waals surface area contributed by atoms with E-state index in [1.54, 1.807) is 0 Å². The number of hydrogen-bond acceptors (Lipinski definition) is 2. The molecule has 100 valence electrons. The molecule has 0 amide bonds. The lowest BCUT2D eigenvalue weighted by Gasteiger charge is -2.12. The second kappa shape index (κ2) is 6.63. The summed E-state index contributed by atoms with van der Waals surface area (Å²) in [6, 6.07) is 7.72. The molecule has 1 aromatic carbocycles. The fraction of sp³-hybridized carbons (Fsp3) is 0.625. The molecule has 1 nitrogen and oxygen atoms in total. The number of hydrogen-bond donors (Lipinski definition) is 1. The Bertz CT molecular complexity index is 364.